The molecule has 1 saturated heterocycles. The van der Waals surface area contributed by atoms with Crippen LogP contribution in [-0.4, -0.2) is 29.8 Å². The van der Waals surface area contributed by atoms with Crippen LogP contribution in [0.2, 0.25) is 0 Å². The number of nitrogens with zero attached hydrogens (tertiary/aromatic N) is 1. The van der Waals surface area contributed by atoms with Crippen LogP contribution in [0.1, 0.15) is 58.8 Å². The summed E-state index contributed by atoms with van der Waals surface area (Å²) in [7, 11) is 0. The summed E-state index contributed by atoms with van der Waals surface area (Å²) in [6.45, 7) is 0.832. The number of hydrogen-bond donors (Lipinski definition) is 1. The number of likely N-dealkylation sites (tertiary alicyclic amines) is 1. The molecule has 4 nitrogen and oxygen atoms in total. The first-order valence-electron chi connectivity index (χ1n) is 10.7. The second-order valence-corrected chi connectivity index (χ2v) is 8.29. The quantitative estimate of drug-likeness (QED) is 0.764. The van der Waals surface area contributed by atoms with Crippen LogP contribution in [0, 0.1) is 5.92 Å². The third kappa shape index (κ3) is 4.75. The fraction of sp³-hybridized carbons (Fsp3) is 0.417. The highest BCUT2D eigenvalue weighted by Crippen LogP contribution is 2.31. The summed E-state index contributed by atoms with van der Waals surface area (Å²) < 4.78 is 38.1. The predicted molar refractivity (Wildman–Crippen MR) is 110 cm³/mol. The van der Waals surface area contributed by atoms with Gasteiger partial charge in [0.05, 0.1) is 11.6 Å². The Labute approximate surface area is 179 Å². The number of carbonyl (C=O) groups excluding carboxylic acids is 2. The number of benzene rings is 2. The molecule has 2 amide bonds. The zero-order chi connectivity index (χ0) is 22.0. The molecule has 0 saturated carbocycles. The number of carbonyl (C=O) groups is 2. The largest absolute Gasteiger partial charge is 0.416 e. The molecule has 1 aliphatic carbocycles. The predicted octanol–water partition coefficient (Wildman–Crippen LogP) is 4.75. The second kappa shape index (κ2) is 8.73. The molecule has 2 aromatic carbocycles. The standard InChI is InChI=1S/C24H25F3N2O2/c25-24(26,27)19-10-8-18(9-11-19)23(31)29-14-12-17(13-15-29)22(30)28-21-7-3-5-16-4-1-2-6-20(16)21/h1-2,4,6,8-11,17,21H,3,5,7,12-15H2,(H,28,30). The SMILES string of the molecule is O=C(NC1CCCc2ccccc21)C1CCN(C(=O)c2ccc(C(F)(F)F)cc2)CC1. The zero-order valence-electron chi connectivity index (χ0n) is 17.1. The van der Waals surface area contributed by atoms with Crippen molar-refractivity contribution >= 4 is 11.8 Å². The molecule has 164 valence electrons. The van der Waals surface area contributed by atoms with Crippen molar-refractivity contribution in [3.63, 3.8) is 0 Å². The number of alkyl halides is 3. The van der Waals surface area contributed by atoms with Gasteiger partial charge in [0.1, 0.15) is 0 Å². The number of nitrogens with one attached hydrogen (secondary N) is 1. The average molecular weight is 430 g/mol. The van der Waals surface area contributed by atoms with Gasteiger partial charge < -0.3 is 10.2 Å². The van der Waals surface area contributed by atoms with Crippen molar-refractivity contribution in [2.24, 2.45) is 5.92 Å². The van der Waals surface area contributed by atoms with Gasteiger partial charge in [-0.15, -0.1) is 0 Å². The van der Waals surface area contributed by atoms with Gasteiger partial charge in [-0.3, -0.25) is 9.59 Å². The van der Waals surface area contributed by atoms with E-state index in [4.69, 9.17) is 0 Å². The van der Waals surface area contributed by atoms with E-state index in [-0.39, 0.29) is 29.3 Å². The topological polar surface area (TPSA) is 49.4 Å². The molecule has 2 aliphatic rings. The highest BCUT2D eigenvalue weighted by atomic mass is 19.4. The van der Waals surface area contributed by atoms with Gasteiger partial charge in [0.2, 0.25) is 5.91 Å². The van der Waals surface area contributed by atoms with E-state index >= 15 is 0 Å². The third-order valence-corrected chi connectivity index (χ3v) is 6.30. The van der Waals surface area contributed by atoms with Gasteiger partial charge in [0, 0.05) is 24.6 Å². The fourth-order valence-corrected chi connectivity index (χ4v) is 4.52. The molecule has 1 fully saturated rings. The van der Waals surface area contributed by atoms with Crippen molar-refractivity contribution < 1.29 is 22.8 Å². The van der Waals surface area contributed by atoms with E-state index in [1.807, 2.05) is 12.1 Å². The number of rotatable bonds is 3. The Morgan fingerprint density at radius 2 is 1.61 bits per heavy atom. The maximum atomic E-state index is 12.8. The summed E-state index contributed by atoms with van der Waals surface area (Å²) in [4.78, 5) is 27.1. The van der Waals surface area contributed by atoms with Crippen LogP contribution in [0.4, 0.5) is 13.2 Å². The lowest BCUT2D eigenvalue weighted by atomic mass is 9.87. The van der Waals surface area contributed by atoms with Gasteiger partial charge in [0.15, 0.2) is 0 Å². The van der Waals surface area contributed by atoms with Crippen molar-refractivity contribution in [1.29, 1.82) is 0 Å². The van der Waals surface area contributed by atoms with Crippen LogP contribution in [0.15, 0.2) is 48.5 Å². The number of halogens is 3. The summed E-state index contributed by atoms with van der Waals surface area (Å²) in [5, 5.41) is 3.19. The summed E-state index contributed by atoms with van der Waals surface area (Å²) in [5.74, 6) is -0.442. The van der Waals surface area contributed by atoms with Gasteiger partial charge in [-0.2, -0.15) is 13.2 Å². The lowest BCUT2D eigenvalue weighted by molar-refractivity contribution is -0.137. The Hall–Kier alpha value is -2.83. The molecular formula is C24H25F3N2O2. The lowest BCUT2D eigenvalue weighted by Gasteiger charge is -2.33. The van der Waals surface area contributed by atoms with E-state index in [2.05, 4.69) is 17.4 Å². The first-order chi connectivity index (χ1) is 14.8. The minimum atomic E-state index is -4.42. The molecule has 1 unspecified atom stereocenters. The fourth-order valence-electron chi connectivity index (χ4n) is 4.52. The third-order valence-electron chi connectivity index (χ3n) is 6.30. The van der Waals surface area contributed by atoms with Crippen molar-refractivity contribution in [2.45, 2.75) is 44.3 Å². The van der Waals surface area contributed by atoms with E-state index in [1.54, 1.807) is 4.90 Å². The smallest absolute Gasteiger partial charge is 0.349 e. The maximum Gasteiger partial charge on any atom is 0.416 e. The van der Waals surface area contributed by atoms with E-state index in [9.17, 15) is 22.8 Å². The van der Waals surface area contributed by atoms with Crippen molar-refractivity contribution in [3.8, 4) is 0 Å². The highest BCUT2D eigenvalue weighted by Gasteiger charge is 2.32. The summed E-state index contributed by atoms with van der Waals surface area (Å²) in [6.07, 6.45) is -0.325. The van der Waals surface area contributed by atoms with E-state index in [0.29, 0.717) is 25.9 Å². The van der Waals surface area contributed by atoms with Crippen LogP contribution in [-0.2, 0) is 17.4 Å². The van der Waals surface area contributed by atoms with Crippen LogP contribution in [0.5, 0.6) is 0 Å². The molecule has 4 rings (SSSR count). The minimum absolute atomic E-state index is 0.0170. The molecule has 0 radical (unpaired) electrons. The molecule has 1 atom stereocenters. The Balaban J connectivity index is 1.32. The van der Waals surface area contributed by atoms with Crippen molar-refractivity contribution in [2.75, 3.05) is 13.1 Å². The van der Waals surface area contributed by atoms with Crippen molar-refractivity contribution in [1.82, 2.24) is 10.2 Å². The van der Waals surface area contributed by atoms with E-state index in [1.165, 1.54) is 23.3 Å². The van der Waals surface area contributed by atoms with E-state index in [0.717, 1.165) is 31.4 Å². The highest BCUT2D eigenvalue weighted by molar-refractivity contribution is 5.94. The van der Waals surface area contributed by atoms with Crippen molar-refractivity contribution in [3.05, 3.63) is 70.8 Å². The molecule has 1 heterocycles. The number of fused-ring (bicyclic) bond motifs is 1. The average Bonchev–Trinajstić information content (AvgIpc) is 2.78. The van der Waals surface area contributed by atoms with Crippen LogP contribution in [0.25, 0.3) is 0 Å². The number of hydrogen-bond acceptors (Lipinski definition) is 2. The molecule has 1 aliphatic heterocycles. The van der Waals surface area contributed by atoms with Crippen LogP contribution in [0.3, 0.4) is 0 Å². The van der Waals surface area contributed by atoms with Crippen LogP contribution < -0.4 is 5.32 Å². The van der Waals surface area contributed by atoms with E-state index < -0.39 is 11.7 Å². The van der Waals surface area contributed by atoms with Gasteiger partial charge in [0.25, 0.3) is 5.91 Å². The van der Waals surface area contributed by atoms with Gasteiger partial charge in [-0.1, -0.05) is 24.3 Å². The second-order valence-electron chi connectivity index (χ2n) is 8.29. The lowest BCUT2D eigenvalue weighted by Crippen LogP contribution is -2.44. The first-order valence-corrected chi connectivity index (χ1v) is 10.7. The Kier molecular flexibility index (Phi) is 6.03. The maximum absolute atomic E-state index is 12.8. The number of aryl methyl sites for hydroxylation is 1. The monoisotopic (exact) mass is 430 g/mol. The molecule has 7 heteroatoms. The summed E-state index contributed by atoms with van der Waals surface area (Å²) >= 11 is 0. The molecule has 0 bridgehead atoms. The Morgan fingerprint density at radius 1 is 0.935 bits per heavy atom. The Bertz CT molecular complexity index is 948. The number of piperidine rings is 1. The van der Waals surface area contributed by atoms with Gasteiger partial charge >= 0.3 is 6.18 Å². The molecule has 2 aromatic rings. The normalized spacial score (nSPS) is 19.6. The van der Waals surface area contributed by atoms with Gasteiger partial charge in [-0.25, -0.2) is 0 Å². The summed E-state index contributed by atoms with van der Waals surface area (Å²) in [5.41, 5.74) is 1.94. The zero-order valence-corrected chi connectivity index (χ0v) is 17.1. The number of amides is 2. The minimum Gasteiger partial charge on any atom is -0.349 e. The summed E-state index contributed by atoms with van der Waals surface area (Å²) in [6, 6.07) is 12.5. The Morgan fingerprint density at radius 3 is 2.29 bits per heavy atom. The first kappa shape index (κ1) is 21.4. The molecule has 0 aromatic heterocycles. The molecule has 31 heavy (non-hydrogen) atoms. The van der Waals surface area contributed by atoms with Gasteiger partial charge in [-0.05, 0) is 67.5 Å². The van der Waals surface area contributed by atoms with Crippen LogP contribution >= 0.6 is 0 Å². The molecule has 1 N–H and O–H groups in total. The molecule has 0 spiro atoms. The molecular weight excluding hydrogens is 405 g/mol.